The molecule has 0 N–H and O–H groups in total. The number of ether oxygens (including phenoxy) is 2. The van der Waals surface area contributed by atoms with Crippen LogP contribution in [0.3, 0.4) is 0 Å². The molecule has 0 unspecified atom stereocenters. The summed E-state index contributed by atoms with van der Waals surface area (Å²) in [6.07, 6.45) is 4.73. The Morgan fingerprint density at radius 1 is 1.35 bits per heavy atom. The van der Waals surface area contributed by atoms with Crippen LogP contribution in [-0.4, -0.2) is 43.9 Å². The van der Waals surface area contributed by atoms with Gasteiger partial charge in [-0.15, -0.1) is 0 Å². The molecule has 0 spiro atoms. The topological polar surface area (TPSA) is 55.8 Å². The molecule has 1 saturated carbocycles. The van der Waals surface area contributed by atoms with Crippen LogP contribution in [0.2, 0.25) is 0 Å². The third-order valence-corrected chi connectivity index (χ3v) is 4.95. The molecule has 1 aliphatic carbocycles. The van der Waals surface area contributed by atoms with Gasteiger partial charge in [-0.2, -0.15) is 0 Å². The Kier molecular flexibility index (Phi) is 7.26. The Hall–Kier alpha value is -1.82. The van der Waals surface area contributed by atoms with Crippen LogP contribution in [0.4, 0.5) is 0 Å². The van der Waals surface area contributed by atoms with Gasteiger partial charge in [0.15, 0.2) is 23.9 Å². The molecule has 0 aromatic heterocycles. The highest BCUT2D eigenvalue weighted by Gasteiger charge is 2.23. The lowest BCUT2D eigenvalue weighted by Crippen LogP contribution is -2.27. The summed E-state index contributed by atoms with van der Waals surface area (Å²) < 4.78 is 12.1. The summed E-state index contributed by atoms with van der Waals surface area (Å²) in [6.45, 7) is 4.28. The van der Waals surface area contributed by atoms with Gasteiger partial charge in [0.05, 0.1) is 11.1 Å². The Morgan fingerprint density at radius 2 is 2.08 bits per heavy atom. The minimum Gasteiger partial charge on any atom is -0.490 e. The van der Waals surface area contributed by atoms with Gasteiger partial charge < -0.3 is 14.4 Å². The van der Waals surface area contributed by atoms with E-state index < -0.39 is 0 Å². The van der Waals surface area contributed by atoms with Gasteiger partial charge in [-0.05, 0) is 71.5 Å². The van der Waals surface area contributed by atoms with Gasteiger partial charge in [-0.1, -0.05) is 6.92 Å². The zero-order chi connectivity index (χ0) is 19.3. The standard InChI is InChI=1S/C20H26BrNO4/c1-5-25-17-11-14(9-15-8-6-7-13(2)19(15)24)10-16(21)20(17)26-12-18(23)22(3)4/h9-11,13H,5-8,12H2,1-4H3/b15-9+/t13-/m0/s1. The van der Waals surface area contributed by atoms with Crippen molar-refractivity contribution in [3.63, 3.8) is 0 Å². The largest absolute Gasteiger partial charge is 0.490 e. The molecule has 142 valence electrons. The zero-order valence-corrected chi connectivity index (χ0v) is 17.4. The molecule has 1 amide bonds. The van der Waals surface area contributed by atoms with E-state index >= 15 is 0 Å². The van der Waals surface area contributed by atoms with Crippen LogP contribution in [0.1, 0.15) is 38.7 Å². The predicted molar refractivity (Wildman–Crippen MR) is 105 cm³/mol. The molecule has 1 atom stereocenters. The Bertz CT molecular complexity index is 712. The zero-order valence-electron chi connectivity index (χ0n) is 15.8. The first kappa shape index (κ1) is 20.5. The first-order valence-corrected chi connectivity index (χ1v) is 9.66. The predicted octanol–water partition coefficient (Wildman–Crippen LogP) is 4.09. The number of rotatable bonds is 6. The number of likely N-dealkylation sites (N-methyl/N-ethyl adjacent to an activating group) is 1. The van der Waals surface area contributed by atoms with Crippen LogP contribution >= 0.6 is 15.9 Å². The number of hydrogen-bond donors (Lipinski definition) is 0. The van der Waals surface area contributed by atoms with E-state index in [1.54, 1.807) is 14.1 Å². The molecule has 1 aromatic carbocycles. The maximum atomic E-state index is 12.4. The number of ketones is 1. The molecule has 2 rings (SSSR count). The van der Waals surface area contributed by atoms with E-state index in [2.05, 4.69) is 15.9 Å². The maximum absolute atomic E-state index is 12.4. The molecule has 0 bridgehead atoms. The number of Topliss-reactive ketones (excluding diaryl/α,β-unsaturated/α-hetero) is 1. The van der Waals surface area contributed by atoms with Crippen molar-refractivity contribution in [2.45, 2.75) is 33.1 Å². The SMILES string of the molecule is CCOc1cc(/C=C2\CCC[C@H](C)C2=O)cc(Br)c1OCC(=O)N(C)C. The first-order valence-electron chi connectivity index (χ1n) is 8.87. The van der Waals surface area contributed by atoms with Crippen LogP contribution in [0.15, 0.2) is 22.2 Å². The number of amides is 1. The van der Waals surface area contributed by atoms with Crippen molar-refractivity contribution in [2.75, 3.05) is 27.3 Å². The van der Waals surface area contributed by atoms with Crippen molar-refractivity contribution >= 4 is 33.7 Å². The number of hydrogen-bond acceptors (Lipinski definition) is 4. The second-order valence-corrected chi connectivity index (χ2v) is 7.52. The summed E-state index contributed by atoms with van der Waals surface area (Å²) in [5.41, 5.74) is 1.73. The maximum Gasteiger partial charge on any atom is 0.259 e. The van der Waals surface area contributed by atoms with Gasteiger partial charge in [-0.3, -0.25) is 9.59 Å². The highest BCUT2D eigenvalue weighted by Crippen LogP contribution is 2.38. The van der Waals surface area contributed by atoms with Crippen molar-refractivity contribution in [2.24, 2.45) is 5.92 Å². The summed E-state index contributed by atoms with van der Waals surface area (Å²) in [7, 11) is 3.36. The quantitative estimate of drug-likeness (QED) is 0.646. The smallest absolute Gasteiger partial charge is 0.259 e. The third-order valence-electron chi connectivity index (χ3n) is 4.36. The lowest BCUT2D eigenvalue weighted by Gasteiger charge is -2.20. The summed E-state index contributed by atoms with van der Waals surface area (Å²) in [6, 6.07) is 3.74. The van der Waals surface area contributed by atoms with Crippen LogP contribution in [-0.2, 0) is 9.59 Å². The Balaban J connectivity index is 2.30. The number of benzene rings is 1. The van der Waals surface area contributed by atoms with Gasteiger partial charge in [0, 0.05) is 20.0 Å². The van der Waals surface area contributed by atoms with Gasteiger partial charge in [0.25, 0.3) is 5.91 Å². The number of carbonyl (C=O) groups is 2. The molecule has 0 saturated heterocycles. The van der Waals surface area contributed by atoms with Crippen molar-refractivity contribution in [3.8, 4) is 11.5 Å². The average molecular weight is 424 g/mol. The fourth-order valence-corrected chi connectivity index (χ4v) is 3.43. The van der Waals surface area contributed by atoms with Crippen LogP contribution in [0.25, 0.3) is 6.08 Å². The second-order valence-electron chi connectivity index (χ2n) is 6.67. The monoisotopic (exact) mass is 423 g/mol. The molecular formula is C20H26BrNO4. The van der Waals surface area contributed by atoms with Crippen LogP contribution in [0.5, 0.6) is 11.5 Å². The number of nitrogens with zero attached hydrogens (tertiary/aromatic N) is 1. The highest BCUT2D eigenvalue weighted by atomic mass is 79.9. The first-order chi connectivity index (χ1) is 12.3. The fourth-order valence-electron chi connectivity index (χ4n) is 2.85. The molecule has 1 fully saturated rings. The Labute approximate surface area is 163 Å². The Morgan fingerprint density at radius 3 is 2.73 bits per heavy atom. The summed E-state index contributed by atoms with van der Waals surface area (Å²) in [4.78, 5) is 25.6. The fraction of sp³-hybridized carbons (Fsp3) is 0.500. The number of allylic oxidation sites excluding steroid dienone is 1. The van der Waals surface area contributed by atoms with Gasteiger partial charge in [-0.25, -0.2) is 0 Å². The van der Waals surface area contributed by atoms with E-state index in [0.29, 0.717) is 22.6 Å². The van der Waals surface area contributed by atoms with Gasteiger partial charge >= 0.3 is 0 Å². The summed E-state index contributed by atoms with van der Waals surface area (Å²) in [5, 5.41) is 0. The van der Waals surface area contributed by atoms with Crippen molar-refractivity contribution in [3.05, 3.63) is 27.7 Å². The molecule has 6 heteroatoms. The van der Waals surface area contributed by atoms with Crippen LogP contribution < -0.4 is 9.47 Å². The summed E-state index contributed by atoms with van der Waals surface area (Å²) >= 11 is 3.50. The molecule has 26 heavy (non-hydrogen) atoms. The van der Waals surface area contributed by atoms with Crippen molar-refractivity contribution < 1.29 is 19.1 Å². The third kappa shape index (κ3) is 5.10. The molecular weight excluding hydrogens is 398 g/mol. The minimum atomic E-state index is -0.132. The molecule has 0 radical (unpaired) electrons. The van der Waals surface area contributed by atoms with Crippen molar-refractivity contribution in [1.29, 1.82) is 0 Å². The van der Waals surface area contributed by atoms with E-state index in [-0.39, 0.29) is 24.2 Å². The van der Waals surface area contributed by atoms with Gasteiger partial charge in [0.2, 0.25) is 0 Å². The molecule has 1 aromatic rings. The van der Waals surface area contributed by atoms with Crippen LogP contribution in [0, 0.1) is 5.92 Å². The lowest BCUT2D eigenvalue weighted by molar-refractivity contribution is -0.130. The molecule has 5 nitrogen and oxygen atoms in total. The number of carbonyl (C=O) groups excluding carboxylic acids is 2. The lowest BCUT2D eigenvalue weighted by atomic mass is 9.84. The number of halogens is 1. The van der Waals surface area contributed by atoms with E-state index in [1.165, 1.54) is 4.90 Å². The minimum absolute atomic E-state index is 0.0674. The van der Waals surface area contributed by atoms with E-state index in [9.17, 15) is 9.59 Å². The summed E-state index contributed by atoms with van der Waals surface area (Å²) in [5.74, 6) is 1.23. The second kappa shape index (κ2) is 9.21. The molecule has 0 aliphatic heterocycles. The van der Waals surface area contributed by atoms with Crippen molar-refractivity contribution in [1.82, 2.24) is 4.90 Å². The van der Waals surface area contributed by atoms with E-state index in [1.807, 2.05) is 32.1 Å². The highest BCUT2D eigenvalue weighted by molar-refractivity contribution is 9.10. The average Bonchev–Trinajstić information content (AvgIpc) is 2.58. The normalized spacial score (nSPS) is 18.7. The molecule has 0 heterocycles. The van der Waals surface area contributed by atoms with E-state index in [0.717, 1.165) is 30.4 Å². The van der Waals surface area contributed by atoms with E-state index in [4.69, 9.17) is 9.47 Å². The molecule has 1 aliphatic rings. The van der Waals surface area contributed by atoms with Gasteiger partial charge in [0.1, 0.15) is 0 Å².